The Balaban J connectivity index is 1.51. The number of rotatable bonds is 2. The number of carbonyl (C=O) groups excluding carboxylic acids is 1. The van der Waals surface area contributed by atoms with Gasteiger partial charge in [0.1, 0.15) is 5.75 Å². The highest BCUT2D eigenvalue weighted by Gasteiger charge is 2.27. The van der Waals surface area contributed by atoms with Gasteiger partial charge in [0.2, 0.25) is 0 Å². The van der Waals surface area contributed by atoms with Gasteiger partial charge in [0.25, 0.3) is 5.91 Å². The second-order valence-electron chi connectivity index (χ2n) is 7.30. The molecule has 0 radical (unpaired) electrons. The van der Waals surface area contributed by atoms with Crippen molar-refractivity contribution in [3.8, 4) is 5.75 Å². The molecule has 3 aromatic rings. The lowest BCUT2D eigenvalue weighted by atomic mass is 9.91. The monoisotopic (exact) mass is 348 g/mol. The molecule has 0 saturated carbocycles. The van der Waals surface area contributed by atoms with Gasteiger partial charge in [-0.25, -0.2) is 0 Å². The number of phenols is 1. The number of piperidine rings is 1. The standard InChI is InChI=1S/C22H24N2O2/c1-14-7-8-19-18(13-14)15(2)21(23-19)16-9-11-24(12-10-16)22(26)17-5-3-4-6-20(17)25/h3-8,13,16,23,25H,9-12H2,1-2H3. The zero-order valence-corrected chi connectivity index (χ0v) is 15.2. The smallest absolute Gasteiger partial charge is 0.257 e. The quantitative estimate of drug-likeness (QED) is 0.716. The van der Waals surface area contributed by atoms with E-state index in [-0.39, 0.29) is 11.7 Å². The van der Waals surface area contributed by atoms with Crippen molar-refractivity contribution >= 4 is 16.8 Å². The summed E-state index contributed by atoms with van der Waals surface area (Å²) in [5, 5.41) is 11.2. The first-order valence-corrected chi connectivity index (χ1v) is 9.20. The SMILES string of the molecule is Cc1ccc2[nH]c(C3CCN(C(=O)c4ccccc4O)CC3)c(C)c2c1. The minimum absolute atomic E-state index is 0.0569. The molecule has 1 aromatic heterocycles. The average molecular weight is 348 g/mol. The van der Waals surface area contributed by atoms with Crippen LogP contribution in [0.2, 0.25) is 0 Å². The van der Waals surface area contributed by atoms with Gasteiger partial charge in [0, 0.05) is 35.6 Å². The Kier molecular flexibility index (Phi) is 4.19. The number of H-pyrrole nitrogens is 1. The van der Waals surface area contributed by atoms with Gasteiger partial charge >= 0.3 is 0 Å². The van der Waals surface area contributed by atoms with Crippen LogP contribution in [-0.2, 0) is 0 Å². The number of nitrogens with one attached hydrogen (secondary N) is 1. The molecule has 134 valence electrons. The van der Waals surface area contributed by atoms with Gasteiger partial charge in [0.05, 0.1) is 5.56 Å². The van der Waals surface area contributed by atoms with E-state index in [1.54, 1.807) is 24.3 Å². The summed E-state index contributed by atoms with van der Waals surface area (Å²) in [5.74, 6) is 0.420. The third-order valence-electron chi connectivity index (χ3n) is 5.58. The number of aromatic amines is 1. The first kappa shape index (κ1) is 16.7. The van der Waals surface area contributed by atoms with Gasteiger partial charge in [-0.15, -0.1) is 0 Å². The largest absolute Gasteiger partial charge is 0.507 e. The second-order valence-corrected chi connectivity index (χ2v) is 7.30. The van der Waals surface area contributed by atoms with Crippen molar-refractivity contribution in [1.29, 1.82) is 0 Å². The second kappa shape index (κ2) is 6.52. The lowest BCUT2D eigenvalue weighted by molar-refractivity contribution is 0.0709. The molecule has 1 amide bonds. The lowest BCUT2D eigenvalue weighted by Gasteiger charge is -2.32. The molecular formula is C22H24N2O2. The fourth-order valence-corrected chi connectivity index (χ4v) is 4.07. The molecule has 0 unspecified atom stereocenters. The summed E-state index contributed by atoms with van der Waals surface area (Å²) >= 11 is 0. The number of hydrogen-bond donors (Lipinski definition) is 2. The highest BCUT2D eigenvalue weighted by atomic mass is 16.3. The summed E-state index contributed by atoms with van der Waals surface area (Å²) < 4.78 is 0. The van der Waals surface area contributed by atoms with Crippen LogP contribution in [0.15, 0.2) is 42.5 Å². The summed E-state index contributed by atoms with van der Waals surface area (Å²) in [6.07, 6.45) is 1.87. The van der Waals surface area contributed by atoms with Crippen molar-refractivity contribution < 1.29 is 9.90 Å². The molecule has 1 aliphatic rings. The van der Waals surface area contributed by atoms with Gasteiger partial charge < -0.3 is 15.0 Å². The molecule has 4 heteroatoms. The van der Waals surface area contributed by atoms with Crippen LogP contribution in [-0.4, -0.2) is 34.0 Å². The van der Waals surface area contributed by atoms with Gasteiger partial charge in [-0.3, -0.25) is 4.79 Å². The molecule has 2 N–H and O–H groups in total. The number of para-hydroxylation sites is 1. The van der Waals surface area contributed by atoms with Crippen molar-refractivity contribution in [1.82, 2.24) is 9.88 Å². The fourth-order valence-electron chi connectivity index (χ4n) is 4.07. The highest BCUT2D eigenvalue weighted by Crippen LogP contribution is 2.34. The molecule has 1 aliphatic heterocycles. The van der Waals surface area contributed by atoms with E-state index in [2.05, 4.69) is 37.0 Å². The first-order valence-electron chi connectivity index (χ1n) is 9.20. The van der Waals surface area contributed by atoms with E-state index in [4.69, 9.17) is 0 Å². The van der Waals surface area contributed by atoms with Crippen LogP contribution in [0, 0.1) is 13.8 Å². The topological polar surface area (TPSA) is 56.3 Å². The average Bonchev–Trinajstić information content (AvgIpc) is 2.98. The number of amides is 1. The van der Waals surface area contributed by atoms with Crippen molar-refractivity contribution in [3.63, 3.8) is 0 Å². The Morgan fingerprint density at radius 3 is 2.58 bits per heavy atom. The number of likely N-dealkylation sites (tertiary alicyclic amines) is 1. The molecule has 4 rings (SSSR count). The van der Waals surface area contributed by atoms with Crippen molar-refractivity contribution in [3.05, 3.63) is 64.8 Å². The summed E-state index contributed by atoms with van der Waals surface area (Å²) in [6.45, 7) is 5.74. The Labute approximate surface area is 153 Å². The third-order valence-corrected chi connectivity index (χ3v) is 5.58. The van der Waals surface area contributed by atoms with Crippen LogP contribution in [0.3, 0.4) is 0 Å². The summed E-state index contributed by atoms with van der Waals surface area (Å²) in [6, 6.07) is 13.3. The van der Waals surface area contributed by atoms with Gasteiger partial charge in [-0.2, -0.15) is 0 Å². The zero-order chi connectivity index (χ0) is 18.3. The molecule has 0 atom stereocenters. The molecule has 1 fully saturated rings. The molecule has 2 heterocycles. The van der Waals surface area contributed by atoms with Crippen LogP contribution in [0.1, 0.15) is 45.9 Å². The minimum atomic E-state index is -0.0782. The Morgan fingerprint density at radius 1 is 1.12 bits per heavy atom. The van der Waals surface area contributed by atoms with Crippen LogP contribution in [0.5, 0.6) is 5.75 Å². The van der Waals surface area contributed by atoms with Crippen LogP contribution >= 0.6 is 0 Å². The molecule has 26 heavy (non-hydrogen) atoms. The number of hydrogen-bond acceptors (Lipinski definition) is 2. The lowest BCUT2D eigenvalue weighted by Crippen LogP contribution is -2.38. The fraction of sp³-hybridized carbons (Fsp3) is 0.318. The number of benzene rings is 2. The normalized spacial score (nSPS) is 15.5. The molecular weight excluding hydrogens is 324 g/mol. The summed E-state index contributed by atoms with van der Waals surface area (Å²) in [4.78, 5) is 18.1. The molecule has 4 nitrogen and oxygen atoms in total. The van der Waals surface area contributed by atoms with Crippen molar-refractivity contribution in [2.24, 2.45) is 0 Å². The first-order chi connectivity index (χ1) is 12.5. The van der Waals surface area contributed by atoms with E-state index < -0.39 is 0 Å². The predicted molar refractivity (Wildman–Crippen MR) is 104 cm³/mol. The van der Waals surface area contributed by atoms with E-state index >= 15 is 0 Å². The summed E-state index contributed by atoms with van der Waals surface area (Å²) in [7, 11) is 0. The third kappa shape index (κ3) is 2.85. The maximum absolute atomic E-state index is 12.7. The number of carbonyl (C=O) groups is 1. The van der Waals surface area contributed by atoms with E-state index in [0.29, 0.717) is 24.6 Å². The van der Waals surface area contributed by atoms with Crippen molar-refractivity contribution in [2.75, 3.05) is 13.1 Å². The van der Waals surface area contributed by atoms with E-state index in [9.17, 15) is 9.90 Å². The molecule has 0 aliphatic carbocycles. The number of aromatic hydroxyl groups is 1. The Hall–Kier alpha value is -2.75. The van der Waals surface area contributed by atoms with Gasteiger partial charge in [-0.1, -0.05) is 23.8 Å². The van der Waals surface area contributed by atoms with Gasteiger partial charge in [-0.05, 0) is 56.5 Å². The molecule has 0 bridgehead atoms. The van der Waals surface area contributed by atoms with E-state index in [1.165, 1.54) is 27.7 Å². The van der Waals surface area contributed by atoms with Crippen LogP contribution < -0.4 is 0 Å². The van der Waals surface area contributed by atoms with Crippen LogP contribution in [0.25, 0.3) is 10.9 Å². The zero-order valence-electron chi connectivity index (χ0n) is 15.2. The highest BCUT2D eigenvalue weighted by molar-refractivity contribution is 5.96. The number of phenolic OH excluding ortho intramolecular Hbond substituents is 1. The predicted octanol–water partition coefficient (Wildman–Crippen LogP) is 4.51. The molecule has 0 spiro atoms. The Morgan fingerprint density at radius 2 is 1.85 bits per heavy atom. The maximum Gasteiger partial charge on any atom is 0.257 e. The number of aromatic nitrogens is 1. The van der Waals surface area contributed by atoms with Crippen LogP contribution in [0.4, 0.5) is 0 Å². The number of aryl methyl sites for hydroxylation is 2. The molecule has 2 aromatic carbocycles. The van der Waals surface area contributed by atoms with Crippen molar-refractivity contribution in [2.45, 2.75) is 32.6 Å². The minimum Gasteiger partial charge on any atom is -0.507 e. The number of fused-ring (bicyclic) bond motifs is 1. The summed E-state index contributed by atoms with van der Waals surface area (Å²) in [5.41, 5.74) is 5.49. The van der Waals surface area contributed by atoms with E-state index in [0.717, 1.165) is 12.8 Å². The maximum atomic E-state index is 12.7. The molecule has 1 saturated heterocycles. The van der Waals surface area contributed by atoms with E-state index in [1.807, 2.05) is 4.90 Å². The Bertz CT molecular complexity index is 965. The van der Waals surface area contributed by atoms with Gasteiger partial charge in [0.15, 0.2) is 0 Å². The number of nitrogens with zero attached hydrogens (tertiary/aromatic N) is 1.